The highest BCUT2D eigenvalue weighted by Gasteiger charge is 2.36. The van der Waals surface area contributed by atoms with Crippen molar-refractivity contribution in [3.05, 3.63) is 47.7 Å². The van der Waals surface area contributed by atoms with Crippen LogP contribution in [0.1, 0.15) is 30.9 Å². The van der Waals surface area contributed by atoms with Crippen molar-refractivity contribution in [2.24, 2.45) is 0 Å². The van der Waals surface area contributed by atoms with E-state index < -0.39 is 5.34 Å². The van der Waals surface area contributed by atoms with Gasteiger partial charge in [0.15, 0.2) is 0 Å². The third-order valence-electron chi connectivity index (χ3n) is 4.07. The molecule has 0 saturated carbocycles. The average Bonchev–Trinajstić information content (AvgIpc) is 2.44. The zero-order chi connectivity index (χ0) is 14.5. The molecule has 0 saturated heterocycles. The van der Waals surface area contributed by atoms with Crippen LogP contribution in [0.25, 0.3) is 11.3 Å². The maximum atomic E-state index is 6.38. The van der Waals surface area contributed by atoms with Crippen molar-refractivity contribution >= 4 is 21.4 Å². The summed E-state index contributed by atoms with van der Waals surface area (Å²) >= 11 is 0. The van der Waals surface area contributed by atoms with E-state index in [9.17, 15) is 0 Å². The van der Waals surface area contributed by atoms with Crippen LogP contribution < -0.4 is 4.90 Å². The van der Waals surface area contributed by atoms with Crippen LogP contribution in [-0.4, -0.2) is 27.7 Å². The zero-order valence-electron chi connectivity index (χ0n) is 12.1. The number of hydrogen-bond acceptors (Lipinski definition) is 2. The summed E-state index contributed by atoms with van der Waals surface area (Å²) in [6.45, 7) is 4.35. The van der Waals surface area contributed by atoms with Crippen LogP contribution in [0.5, 0.6) is 0 Å². The van der Waals surface area contributed by atoms with Gasteiger partial charge in [-0.2, -0.15) is 0 Å². The van der Waals surface area contributed by atoms with Crippen LogP contribution in [0.15, 0.2) is 36.5 Å². The predicted molar refractivity (Wildman–Crippen MR) is 85.4 cm³/mol. The Bertz CT molecular complexity index is 665. The summed E-state index contributed by atoms with van der Waals surface area (Å²) in [5.74, 6) is 0.397. The van der Waals surface area contributed by atoms with Gasteiger partial charge in [0.05, 0.1) is 21.4 Å². The first-order valence-corrected chi connectivity index (χ1v) is 6.85. The molecular formula is C16H16B2N2. The Morgan fingerprint density at radius 3 is 2.60 bits per heavy atom. The lowest BCUT2D eigenvalue weighted by Gasteiger charge is -2.46. The molecule has 0 N–H and O–H groups in total. The summed E-state index contributed by atoms with van der Waals surface area (Å²) in [5, 5.41) is -1.04. The Balaban J connectivity index is 2.38. The van der Waals surface area contributed by atoms with Gasteiger partial charge in [0.2, 0.25) is 0 Å². The summed E-state index contributed by atoms with van der Waals surface area (Å²) in [6.07, 6.45) is 1.78. The minimum Gasteiger partial charge on any atom is -0.381 e. The molecule has 2 nitrogen and oxygen atoms in total. The van der Waals surface area contributed by atoms with Gasteiger partial charge < -0.3 is 4.90 Å². The molecule has 0 atom stereocenters. The molecule has 1 aromatic heterocycles. The first kappa shape index (κ1) is 13.3. The van der Waals surface area contributed by atoms with Crippen LogP contribution in [0, 0.1) is 0 Å². The van der Waals surface area contributed by atoms with E-state index >= 15 is 0 Å². The number of para-hydroxylation sites is 1. The Morgan fingerprint density at radius 2 is 1.90 bits per heavy atom. The number of pyridine rings is 1. The molecule has 2 heterocycles. The molecule has 4 heteroatoms. The average molecular weight is 258 g/mol. The topological polar surface area (TPSA) is 16.1 Å². The van der Waals surface area contributed by atoms with E-state index in [1.54, 1.807) is 6.20 Å². The first-order valence-electron chi connectivity index (χ1n) is 6.85. The largest absolute Gasteiger partial charge is 0.381 e. The number of aromatic nitrogens is 1. The van der Waals surface area contributed by atoms with Gasteiger partial charge in [-0.25, -0.2) is 0 Å². The van der Waals surface area contributed by atoms with Gasteiger partial charge in [-0.3, -0.25) is 4.98 Å². The van der Waals surface area contributed by atoms with E-state index in [2.05, 4.69) is 37.0 Å². The SMILES string of the molecule is [B]C1([B])c2cccnc2-c2cccc(C(C)C)c2N1C. The molecule has 0 aliphatic carbocycles. The number of fused-ring (bicyclic) bond motifs is 3. The van der Waals surface area contributed by atoms with Crippen molar-refractivity contribution in [3.63, 3.8) is 0 Å². The van der Waals surface area contributed by atoms with Crippen LogP contribution in [0.4, 0.5) is 5.69 Å². The van der Waals surface area contributed by atoms with Crippen molar-refractivity contribution < 1.29 is 0 Å². The molecule has 1 aliphatic heterocycles. The molecule has 20 heavy (non-hydrogen) atoms. The molecule has 4 radical (unpaired) electrons. The van der Waals surface area contributed by atoms with Gasteiger partial charge >= 0.3 is 0 Å². The van der Waals surface area contributed by atoms with E-state index in [1.807, 2.05) is 24.1 Å². The quantitative estimate of drug-likeness (QED) is 0.731. The van der Waals surface area contributed by atoms with Crippen molar-refractivity contribution in [2.45, 2.75) is 25.1 Å². The fourth-order valence-electron chi connectivity index (χ4n) is 2.90. The monoisotopic (exact) mass is 258 g/mol. The fourth-order valence-corrected chi connectivity index (χ4v) is 2.90. The first-order chi connectivity index (χ1) is 9.44. The van der Waals surface area contributed by atoms with E-state index in [0.717, 1.165) is 22.5 Å². The van der Waals surface area contributed by atoms with E-state index in [0.29, 0.717) is 5.92 Å². The van der Waals surface area contributed by atoms with Gasteiger partial charge in [0, 0.05) is 24.5 Å². The molecule has 1 aliphatic rings. The summed E-state index contributed by atoms with van der Waals surface area (Å²) in [4.78, 5) is 6.46. The fraction of sp³-hybridized carbons (Fsp3) is 0.312. The lowest BCUT2D eigenvalue weighted by molar-refractivity contribution is 0.767. The summed E-state index contributed by atoms with van der Waals surface area (Å²) in [6, 6.07) is 10.1. The lowest BCUT2D eigenvalue weighted by Crippen LogP contribution is -2.48. The molecule has 0 amide bonds. The normalized spacial score (nSPS) is 15.9. The van der Waals surface area contributed by atoms with Gasteiger partial charge in [0.25, 0.3) is 0 Å². The number of hydrogen-bond donors (Lipinski definition) is 0. The summed E-state index contributed by atoms with van der Waals surface area (Å²) < 4.78 is 0. The highest BCUT2D eigenvalue weighted by Crippen LogP contribution is 2.46. The lowest BCUT2D eigenvalue weighted by atomic mass is 9.54. The Kier molecular flexibility index (Phi) is 2.93. The van der Waals surface area contributed by atoms with Crippen LogP contribution in [0.3, 0.4) is 0 Å². The number of nitrogens with zero attached hydrogens (tertiary/aromatic N) is 2. The maximum absolute atomic E-state index is 6.38. The molecule has 2 aromatic rings. The Hall–Kier alpha value is -1.70. The van der Waals surface area contributed by atoms with Gasteiger partial charge in [-0.15, -0.1) is 0 Å². The zero-order valence-corrected chi connectivity index (χ0v) is 12.1. The maximum Gasteiger partial charge on any atom is 0.0966 e. The molecule has 0 spiro atoms. The van der Waals surface area contributed by atoms with Crippen molar-refractivity contribution in [2.75, 3.05) is 11.9 Å². The second-order valence-corrected chi connectivity index (χ2v) is 5.68. The van der Waals surface area contributed by atoms with Gasteiger partial charge in [-0.05, 0) is 28.4 Å². The molecule has 0 unspecified atom stereocenters. The van der Waals surface area contributed by atoms with Crippen LogP contribution in [0.2, 0.25) is 0 Å². The molecule has 96 valence electrons. The van der Waals surface area contributed by atoms with Gasteiger partial charge in [-0.1, -0.05) is 38.1 Å². The van der Waals surface area contributed by atoms with Crippen LogP contribution >= 0.6 is 0 Å². The Morgan fingerprint density at radius 1 is 1.15 bits per heavy atom. The second-order valence-electron chi connectivity index (χ2n) is 5.68. The van der Waals surface area contributed by atoms with Crippen molar-refractivity contribution in [3.8, 4) is 11.3 Å². The third-order valence-corrected chi connectivity index (χ3v) is 4.07. The van der Waals surface area contributed by atoms with E-state index in [1.165, 1.54) is 5.56 Å². The molecular weight excluding hydrogens is 242 g/mol. The molecule has 1 aromatic carbocycles. The standard InChI is InChI=1S/C16H16B2N2/c1-10(2)11-6-4-7-12-14-13(8-5-9-19-14)16(17,18)20(3)15(11)12/h4-10H,1-3H3. The highest BCUT2D eigenvalue weighted by atomic mass is 15.2. The second kappa shape index (κ2) is 4.41. The smallest absolute Gasteiger partial charge is 0.0966 e. The predicted octanol–water partition coefficient (Wildman–Crippen LogP) is 2.77. The summed E-state index contributed by atoms with van der Waals surface area (Å²) in [5.41, 5.74) is 5.16. The van der Waals surface area contributed by atoms with Gasteiger partial charge in [0.1, 0.15) is 0 Å². The van der Waals surface area contributed by atoms with Crippen molar-refractivity contribution in [1.29, 1.82) is 0 Å². The number of anilines is 1. The third kappa shape index (κ3) is 1.71. The van der Waals surface area contributed by atoms with Crippen molar-refractivity contribution in [1.82, 2.24) is 4.98 Å². The molecule has 3 rings (SSSR count). The number of benzene rings is 1. The van der Waals surface area contributed by atoms with E-state index in [-0.39, 0.29) is 0 Å². The molecule has 0 fully saturated rings. The van der Waals surface area contributed by atoms with Crippen LogP contribution in [-0.2, 0) is 5.34 Å². The minimum absolute atomic E-state index is 0.397. The van der Waals surface area contributed by atoms with E-state index in [4.69, 9.17) is 15.7 Å². The minimum atomic E-state index is -1.04. The molecule has 0 bridgehead atoms. The highest BCUT2D eigenvalue weighted by molar-refractivity contribution is 6.42. The number of rotatable bonds is 1. The summed E-state index contributed by atoms with van der Waals surface area (Å²) in [7, 11) is 14.7. The Labute approximate surface area is 123 Å².